The standard InChI is InChI=1S/C23H34N4O4.C8H10N2.C2H6N2/c1-16-5-3-6-17-7-4-10-24-20(28)14-26-21(29)15-27(2)23(30)22(18-8-9-18)25-11-12-31-19(17)13-16;1-6-2-4-7(5-3-6)8(9)10;3-1-2-4/h3,6,13,18,22,25H,4-5,7-12,14-15H2,1-2H3,(H,24,28)(H,26,29);2-5H,1H3,(H3,9,10);1,3H,2,4H2. The molecule has 12 nitrogen and oxygen atoms in total. The summed E-state index contributed by atoms with van der Waals surface area (Å²) in [5, 5.41) is 22.0. The smallest absolute Gasteiger partial charge is 0.240 e. The molecule has 1 aromatic rings. The van der Waals surface area contributed by atoms with E-state index in [0.29, 0.717) is 32.2 Å². The summed E-state index contributed by atoms with van der Waals surface area (Å²) < 4.78 is 6.10. The highest BCUT2D eigenvalue weighted by molar-refractivity contribution is 5.94. The van der Waals surface area contributed by atoms with Gasteiger partial charge in [-0.3, -0.25) is 19.8 Å². The van der Waals surface area contributed by atoms with Crippen molar-refractivity contribution in [3.8, 4) is 0 Å². The quantitative estimate of drug-likeness (QED) is 0.197. The van der Waals surface area contributed by atoms with E-state index in [1.54, 1.807) is 7.05 Å². The van der Waals surface area contributed by atoms with Crippen LogP contribution in [0.1, 0.15) is 50.2 Å². The van der Waals surface area contributed by atoms with E-state index in [1.807, 2.05) is 31.2 Å². The molecule has 12 heteroatoms. The number of amidine groups is 1. The Morgan fingerprint density at radius 3 is 2.40 bits per heavy atom. The lowest BCUT2D eigenvalue weighted by atomic mass is 10.1. The molecule has 246 valence electrons. The minimum Gasteiger partial charge on any atom is -0.492 e. The lowest BCUT2D eigenvalue weighted by Gasteiger charge is -2.24. The van der Waals surface area contributed by atoms with E-state index < -0.39 is 0 Å². The Balaban J connectivity index is 0.000000416. The fourth-order valence-corrected chi connectivity index (χ4v) is 4.51. The van der Waals surface area contributed by atoms with Crippen LogP contribution in [0.4, 0.5) is 0 Å². The number of carbonyl (C=O) groups is 3. The van der Waals surface area contributed by atoms with Crippen LogP contribution in [-0.2, 0) is 19.1 Å². The van der Waals surface area contributed by atoms with E-state index in [0.717, 1.165) is 55.2 Å². The number of nitrogen functional groups attached to an aromatic ring is 1. The summed E-state index contributed by atoms with van der Waals surface area (Å²) >= 11 is 0. The van der Waals surface area contributed by atoms with Crippen molar-refractivity contribution in [3.05, 3.63) is 70.5 Å². The molecule has 1 atom stereocenters. The number of benzene rings is 1. The monoisotopic (exact) mass is 622 g/mol. The molecule has 1 fully saturated rings. The average molecular weight is 623 g/mol. The number of amides is 3. The van der Waals surface area contributed by atoms with Crippen LogP contribution in [-0.4, -0.2) is 87.1 Å². The Labute approximate surface area is 266 Å². The molecule has 1 aliphatic heterocycles. The molecule has 9 N–H and O–H groups in total. The van der Waals surface area contributed by atoms with Gasteiger partial charge in [-0.15, -0.1) is 0 Å². The van der Waals surface area contributed by atoms with Crippen LogP contribution in [0.15, 0.2) is 59.4 Å². The van der Waals surface area contributed by atoms with Gasteiger partial charge in [-0.25, -0.2) is 0 Å². The molecule has 3 aliphatic rings. The van der Waals surface area contributed by atoms with Crippen molar-refractivity contribution in [2.75, 3.05) is 46.4 Å². The van der Waals surface area contributed by atoms with Gasteiger partial charge in [0.2, 0.25) is 17.7 Å². The molecule has 1 aromatic carbocycles. The van der Waals surface area contributed by atoms with Crippen LogP contribution in [0.25, 0.3) is 0 Å². The first-order valence-corrected chi connectivity index (χ1v) is 15.4. The first-order chi connectivity index (χ1) is 21.5. The molecule has 1 heterocycles. The Kier molecular flexibility index (Phi) is 16.3. The Morgan fingerprint density at radius 1 is 1.09 bits per heavy atom. The number of rotatable bonds is 3. The fourth-order valence-electron chi connectivity index (χ4n) is 4.51. The first kappa shape index (κ1) is 36.9. The molecule has 0 aromatic heterocycles. The summed E-state index contributed by atoms with van der Waals surface area (Å²) in [6.45, 7) is 5.81. The zero-order valence-electron chi connectivity index (χ0n) is 26.8. The second-order valence-corrected chi connectivity index (χ2v) is 11.2. The molecule has 0 radical (unpaired) electrons. The summed E-state index contributed by atoms with van der Waals surface area (Å²) in [6, 6.07) is 7.26. The maximum absolute atomic E-state index is 12.9. The van der Waals surface area contributed by atoms with Gasteiger partial charge in [-0.1, -0.05) is 47.6 Å². The van der Waals surface area contributed by atoms with E-state index in [2.05, 4.69) is 41.1 Å². The summed E-state index contributed by atoms with van der Waals surface area (Å²) in [7, 11) is 1.62. The fraction of sp³-hybridized carbons (Fsp3) is 0.485. The van der Waals surface area contributed by atoms with Crippen molar-refractivity contribution in [3.63, 3.8) is 0 Å². The number of nitrogens with zero attached hydrogens (tertiary/aromatic N) is 1. The number of hydrogen-bond acceptors (Lipinski definition) is 8. The van der Waals surface area contributed by atoms with Crippen molar-refractivity contribution in [2.24, 2.45) is 17.4 Å². The highest BCUT2D eigenvalue weighted by Crippen LogP contribution is 2.33. The van der Waals surface area contributed by atoms with Gasteiger partial charge in [0.05, 0.1) is 19.1 Å². The Bertz CT molecular complexity index is 1250. The van der Waals surface area contributed by atoms with Gasteiger partial charge in [0, 0.05) is 38.5 Å². The lowest BCUT2D eigenvalue weighted by Crippen LogP contribution is -2.50. The van der Waals surface area contributed by atoms with E-state index in [-0.39, 0.29) is 42.7 Å². The molecule has 0 bridgehead atoms. The van der Waals surface area contributed by atoms with Crippen molar-refractivity contribution < 1.29 is 19.1 Å². The highest BCUT2D eigenvalue weighted by Gasteiger charge is 2.37. The van der Waals surface area contributed by atoms with Crippen LogP contribution >= 0.6 is 0 Å². The van der Waals surface area contributed by atoms with Crippen molar-refractivity contribution in [2.45, 2.75) is 52.0 Å². The predicted octanol–water partition coefficient (Wildman–Crippen LogP) is 1.89. The molecular formula is C33H50N8O4. The third-order valence-corrected chi connectivity index (χ3v) is 7.16. The second-order valence-electron chi connectivity index (χ2n) is 11.2. The van der Waals surface area contributed by atoms with Crippen molar-refractivity contribution >= 4 is 29.8 Å². The Hall–Kier alpha value is -4.29. The molecule has 3 amide bonds. The molecule has 4 rings (SSSR count). The predicted molar refractivity (Wildman–Crippen MR) is 178 cm³/mol. The molecule has 0 spiro atoms. The summed E-state index contributed by atoms with van der Waals surface area (Å²) in [5.74, 6) is 0.603. The van der Waals surface area contributed by atoms with Crippen LogP contribution < -0.4 is 27.4 Å². The topological polar surface area (TPSA) is 200 Å². The third-order valence-electron chi connectivity index (χ3n) is 7.16. The van der Waals surface area contributed by atoms with Crippen LogP contribution in [0.5, 0.6) is 0 Å². The number of allylic oxidation sites excluding steroid dienone is 5. The van der Waals surface area contributed by atoms with Gasteiger partial charge >= 0.3 is 0 Å². The SMILES string of the molecule is CC1=CC2=C(C=CC1)CCCNC(=O)CNC(=O)CN(C)C(=O)C(C1CC1)NCCO2.Cc1ccc(C(=N)N)cc1.N=CCN. The van der Waals surface area contributed by atoms with E-state index in [1.165, 1.54) is 16.0 Å². The number of carbonyl (C=O) groups excluding carboxylic acids is 3. The highest BCUT2D eigenvalue weighted by atomic mass is 16.5. The minimum atomic E-state index is -0.342. The first-order valence-electron chi connectivity index (χ1n) is 15.4. The number of aryl methyl sites for hydroxylation is 1. The normalized spacial score (nSPS) is 20.1. The number of hydrogen-bond donors (Lipinski definition) is 7. The van der Waals surface area contributed by atoms with Gasteiger partial charge in [0.15, 0.2) is 0 Å². The summed E-state index contributed by atoms with van der Waals surface area (Å²) in [5.41, 5.74) is 14.3. The maximum atomic E-state index is 12.9. The molecule has 0 saturated heterocycles. The summed E-state index contributed by atoms with van der Waals surface area (Å²) in [6.07, 6.45) is 11.9. The molecule has 45 heavy (non-hydrogen) atoms. The van der Waals surface area contributed by atoms with Gasteiger partial charge < -0.3 is 42.5 Å². The number of ether oxygens (including phenoxy) is 1. The van der Waals surface area contributed by atoms with Gasteiger partial charge in [0.25, 0.3) is 0 Å². The van der Waals surface area contributed by atoms with E-state index in [9.17, 15) is 14.4 Å². The summed E-state index contributed by atoms with van der Waals surface area (Å²) in [4.78, 5) is 38.5. The number of nitrogens with one attached hydrogen (secondary N) is 5. The minimum absolute atomic E-state index is 0.0693. The zero-order valence-corrected chi connectivity index (χ0v) is 26.8. The van der Waals surface area contributed by atoms with Gasteiger partial charge in [-0.2, -0.15) is 0 Å². The van der Waals surface area contributed by atoms with Gasteiger partial charge in [-0.05, 0) is 63.5 Å². The van der Waals surface area contributed by atoms with Crippen LogP contribution in [0, 0.1) is 23.7 Å². The van der Waals surface area contributed by atoms with Crippen molar-refractivity contribution in [1.82, 2.24) is 20.9 Å². The number of nitrogens with two attached hydrogens (primary N) is 2. The maximum Gasteiger partial charge on any atom is 0.240 e. The van der Waals surface area contributed by atoms with Gasteiger partial charge in [0.1, 0.15) is 18.2 Å². The van der Waals surface area contributed by atoms with Crippen LogP contribution in [0.3, 0.4) is 0 Å². The second kappa shape index (κ2) is 19.9. The van der Waals surface area contributed by atoms with Crippen molar-refractivity contribution in [1.29, 1.82) is 10.8 Å². The lowest BCUT2D eigenvalue weighted by molar-refractivity contribution is -0.137. The molecule has 1 unspecified atom stereocenters. The molecule has 2 aliphatic carbocycles. The Morgan fingerprint density at radius 2 is 1.78 bits per heavy atom. The van der Waals surface area contributed by atoms with E-state index in [4.69, 9.17) is 27.0 Å². The third kappa shape index (κ3) is 14.4. The molecule has 1 saturated carbocycles. The van der Waals surface area contributed by atoms with Crippen LogP contribution in [0.2, 0.25) is 0 Å². The van der Waals surface area contributed by atoms with E-state index >= 15 is 0 Å². The average Bonchev–Trinajstić information content (AvgIpc) is 3.87. The number of likely N-dealkylation sites (N-methyl/N-ethyl adjacent to an activating group) is 1. The molecular weight excluding hydrogens is 572 g/mol. The largest absolute Gasteiger partial charge is 0.492 e. The zero-order chi connectivity index (χ0) is 33.2.